The van der Waals surface area contributed by atoms with Crippen LogP contribution >= 0.6 is 0 Å². The first-order valence-corrected chi connectivity index (χ1v) is 4.57. The summed E-state index contributed by atoms with van der Waals surface area (Å²) < 4.78 is 2.18. The Balaban J connectivity index is 0.000000980. The summed E-state index contributed by atoms with van der Waals surface area (Å²) in [6.45, 7) is 1.92. The second kappa shape index (κ2) is 6.93. The predicted octanol–water partition coefficient (Wildman–Crippen LogP) is -5.62. The van der Waals surface area contributed by atoms with E-state index in [0.29, 0.717) is 0 Å². The van der Waals surface area contributed by atoms with Crippen molar-refractivity contribution < 1.29 is 44.3 Å². The lowest BCUT2D eigenvalue weighted by Gasteiger charge is -1.95. The molecule has 0 unspecified atom stereocenters. The van der Waals surface area contributed by atoms with Crippen LogP contribution in [0.25, 0.3) is 10.8 Å². The van der Waals surface area contributed by atoms with E-state index in [9.17, 15) is 0 Å². The Morgan fingerprint density at radius 2 is 1.67 bits per heavy atom. The van der Waals surface area contributed by atoms with E-state index in [2.05, 4.69) is 53.0 Å². The average molecular weight is 334 g/mol. The summed E-state index contributed by atoms with van der Waals surface area (Å²) in [5.74, 6) is 0. The SMILES string of the molecule is [Br-].[Br-].[NH3+]CC[n+]1ccc2ccccc2c1. The van der Waals surface area contributed by atoms with Crippen LogP contribution in [-0.4, -0.2) is 6.54 Å². The number of rotatable bonds is 2. The van der Waals surface area contributed by atoms with Crippen molar-refractivity contribution in [2.24, 2.45) is 0 Å². The number of quaternary nitrogens is 1. The van der Waals surface area contributed by atoms with Gasteiger partial charge in [-0.25, -0.2) is 0 Å². The summed E-state index contributed by atoms with van der Waals surface area (Å²) in [7, 11) is 0. The Morgan fingerprint density at radius 3 is 2.33 bits per heavy atom. The quantitative estimate of drug-likeness (QED) is 0.532. The second-order valence-electron chi connectivity index (χ2n) is 3.17. The van der Waals surface area contributed by atoms with E-state index < -0.39 is 0 Å². The summed E-state index contributed by atoms with van der Waals surface area (Å²) in [4.78, 5) is 0. The van der Waals surface area contributed by atoms with Gasteiger partial charge in [0.25, 0.3) is 0 Å². The number of nitrogens with zero attached hydrogens (tertiary/aromatic N) is 1. The first-order valence-electron chi connectivity index (χ1n) is 4.57. The molecular formula is C11H14Br2N2. The van der Waals surface area contributed by atoms with Gasteiger partial charge in [-0.05, 0) is 11.5 Å². The van der Waals surface area contributed by atoms with Crippen LogP contribution in [0.5, 0.6) is 0 Å². The molecule has 0 saturated heterocycles. The highest BCUT2D eigenvalue weighted by Gasteiger charge is 2.00. The van der Waals surface area contributed by atoms with Crippen LogP contribution in [0.4, 0.5) is 0 Å². The fourth-order valence-electron chi connectivity index (χ4n) is 1.50. The van der Waals surface area contributed by atoms with Gasteiger partial charge >= 0.3 is 0 Å². The summed E-state index contributed by atoms with van der Waals surface area (Å²) in [5.41, 5.74) is 3.84. The monoisotopic (exact) mass is 332 g/mol. The summed E-state index contributed by atoms with van der Waals surface area (Å²) >= 11 is 0. The highest BCUT2D eigenvalue weighted by molar-refractivity contribution is 5.80. The molecule has 15 heavy (non-hydrogen) atoms. The van der Waals surface area contributed by atoms with Crippen molar-refractivity contribution >= 4 is 10.8 Å². The molecule has 2 aromatic rings. The molecule has 4 heteroatoms. The number of hydrogen-bond donors (Lipinski definition) is 1. The number of halogens is 2. The highest BCUT2D eigenvalue weighted by atomic mass is 79.9. The van der Waals surface area contributed by atoms with Crippen LogP contribution in [0.3, 0.4) is 0 Å². The molecule has 82 valence electrons. The van der Waals surface area contributed by atoms with Gasteiger partial charge in [-0.15, -0.1) is 0 Å². The minimum atomic E-state index is 0. The standard InChI is InChI=1S/C11H13N2.2BrH/c12-6-8-13-7-5-10-3-1-2-4-11(10)9-13;;/h1-5,7,9H,6,8,12H2;2*1H/q+1;;/p-1. The topological polar surface area (TPSA) is 31.5 Å². The number of benzene rings is 1. The van der Waals surface area contributed by atoms with Crippen molar-refractivity contribution in [3.05, 3.63) is 42.7 Å². The molecule has 0 aliphatic rings. The Labute approximate surface area is 111 Å². The minimum Gasteiger partial charge on any atom is -1.00 e. The average Bonchev–Trinajstić information content (AvgIpc) is 2.18. The third-order valence-corrected chi connectivity index (χ3v) is 2.16. The molecule has 3 N–H and O–H groups in total. The van der Waals surface area contributed by atoms with Crippen LogP contribution in [0.1, 0.15) is 0 Å². The molecule has 0 atom stereocenters. The lowest BCUT2D eigenvalue weighted by Crippen LogP contribution is -3.00. The van der Waals surface area contributed by atoms with Crippen LogP contribution in [0.15, 0.2) is 42.7 Å². The lowest BCUT2D eigenvalue weighted by molar-refractivity contribution is -0.710. The maximum atomic E-state index is 3.84. The van der Waals surface area contributed by atoms with E-state index in [4.69, 9.17) is 0 Å². The molecule has 0 radical (unpaired) electrons. The van der Waals surface area contributed by atoms with Gasteiger partial charge in [-0.1, -0.05) is 18.2 Å². The smallest absolute Gasteiger partial charge is 0.196 e. The number of hydrogen-bond acceptors (Lipinski definition) is 0. The van der Waals surface area contributed by atoms with Gasteiger partial charge in [0.05, 0.1) is 0 Å². The molecule has 2 rings (SSSR count). The first-order chi connectivity index (χ1) is 6.40. The predicted molar refractivity (Wildman–Crippen MR) is 51.9 cm³/mol. The molecule has 0 amide bonds. The first kappa shape index (κ1) is 14.6. The van der Waals surface area contributed by atoms with E-state index >= 15 is 0 Å². The molecule has 1 aromatic carbocycles. The zero-order valence-electron chi connectivity index (χ0n) is 8.37. The van der Waals surface area contributed by atoms with Gasteiger partial charge in [-0.3, -0.25) is 0 Å². The fraction of sp³-hybridized carbons (Fsp3) is 0.182. The van der Waals surface area contributed by atoms with Crippen molar-refractivity contribution in [2.75, 3.05) is 6.54 Å². The molecule has 0 saturated carbocycles. The molecule has 0 spiro atoms. The third-order valence-electron chi connectivity index (χ3n) is 2.16. The minimum absolute atomic E-state index is 0. The highest BCUT2D eigenvalue weighted by Crippen LogP contribution is 2.09. The Morgan fingerprint density at radius 1 is 1.00 bits per heavy atom. The van der Waals surface area contributed by atoms with Crippen molar-refractivity contribution in [3.63, 3.8) is 0 Å². The summed E-state index contributed by atoms with van der Waals surface area (Å²) in [6, 6.07) is 10.5. The zero-order chi connectivity index (χ0) is 9.10. The summed E-state index contributed by atoms with van der Waals surface area (Å²) in [5, 5.41) is 2.58. The number of fused-ring (bicyclic) bond motifs is 1. The van der Waals surface area contributed by atoms with E-state index in [0.717, 1.165) is 13.1 Å². The molecule has 1 aromatic heterocycles. The van der Waals surface area contributed by atoms with Gasteiger partial charge in [-0.2, -0.15) is 4.57 Å². The van der Waals surface area contributed by atoms with Gasteiger partial charge < -0.3 is 39.7 Å². The molecule has 0 bridgehead atoms. The molecule has 0 fully saturated rings. The molecule has 1 heterocycles. The van der Waals surface area contributed by atoms with Crippen LogP contribution in [0, 0.1) is 0 Å². The largest absolute Gasteiger partial charge is 1.00 e. The van der Waals surface area contributed by atoms with Gasteiger partial charge in [0.15, 0.2) is 18.9 Å². The van der Waals surface area contributed by atoms with Crippen LogP contribution in [-0.2, 0) is 6.54 Å². The van der Waals surface area contributed by atoms with Crippen LogP contribution in [0.2, 0.25) is 0 Å². The van der Waals surface area contributed by atoms with E-state index in [1.165, 1.54) is 10.8 Å². The van der Waals surface area contributed by atoms with Gasteiger partial charge in [0.1, 0.15) is 6.54 Å². The van der Waals surface area contributed by atoms with E-state index in [-0.39, 0.29) is 34.0 Å². The number of pyridine rings is 1. The summed E-state index contributed by atoms with van der Waals surface area (Å²) in [6.07, 6.45) is 4.27. The second-order valence-corrected chi connectivity index (χ2v) is 3.17. The molecular weight excluding hydrogens is 320 g/mol. The lowest BCUT2D eigenvalue weighted by atomic mass is 10.2. The molecule has 0 aliphatic carbocycles. The van der Waals surface area contributed by atoms with Crippen LogP contribution < -0.4 is 44.3 Å². The number of aromatic nitrogens is 1. The maximum absolute atomic E-state index is 3.84. The van der Waals surface area contributed by atoms with Crippen molar-refractivity contribution in [1.82, 2.24) is 0 Å². The van der Waals surface area contributed by atoms with E-state index in [1.807, 2.05) is 0 Å². The fourth-order valence-corrected chi connectivity index (χ4v) is 1.50. The third kappa shape index (κ3) is 3.55. The molecule has 0 aliphatic heterocycles. The van der Waals surface area contributed by atoms with E-state index in [1.54, 1.807) is 0 Å². The maximum Gasteiger partial charge on any atom is 0.196 e. The van der Waals surface area contributed by atoms with Crippen molar-refractivity contribution in [2.45, 2.75) is 6.54 Å². The van der Waals surface area contributed by atoms with Gasteiger partial charge in [0, 0.05) is 11.5 Å². The Bertz CT molecular complexity index is 418. The van der Waals surface area contributed by atoms with Gasteiger partial charge in [0.2, 0.25) is 0 Å². The Kier molecular flexibility index (Phi) is 6.72. The Hall–Kier alpha value is -0.450. The molecule has 2 nitrogen and oxygen atoms in total. The normalized spacial score (nSPS) is 9.13. The zero-order valence-corrected chi connectivity index (χ0v) is 11.5. The van der Waals surface area contributed by atoms with Crippen molar-refractivity contribution in [3.8, 4) is 0 Å². The van der Waals surface area contributed by atoms with Crippen molar-refractivity contribution in [1.29, 1.82) is 0 Å².